The highest BCUT2D eigenvalue weighted by atomic mass is 32.2. The second-order valence-corrected chi connectivity index (χ2v) is 7.03. The van der Waals surface area contributed by atoms with Gasteiger partial charge in [0, 0.05) is 11.1 Å². The van der Waals surface area contributed by atoms with E-state index in [1.165, 1.54) is 0 Å². The SMILES string of the molecule is CC1(NS(=O)(=O)c2ccccc2C#CCN)CCCC1. The normalized spacial score (nSPS) is 17.5. The van der Waals surface area contributed by atoms with Crippen molar-refractivity contribution < 1.29 is 8.42 Å². The molecular formula is C15H20N2O2S. The Morgan fingerprint density at radius 1 is 1.30 bits per heavy atom. The zero-order chi connectivity index (χ0) is 14.6. The van der Waals surface area contributed by atoms with Gasteiger partial charge in [0.1, 0.15) is 0 Å². The average molecular weight is 292 g/mol. The van der Waals surface area contributed by atoms with Gasteiger partial charge in [0.15, 0.2) is 0 Å². The van der Waals surface area contributed by atoms with Gasteiger partial charge in [0.2, 0.25) is 10.0 Å². The smallest absolute Gasteiger partial charge is 0.242 e. The molecule has 2 rings (SSSR count). The molecule has 0 unspecified atom stereocenters. The minimum atomic E-state index is -3.56. The Balaban J connectivity index is 2.34. The van der Waals surface area contributed by atoms with E-state index in [0.717, 1.165) is 25.7 Å². The summed E-state index contributed by atoms with van der Waals surface area (Å²) in [5.41, 5.74) is 5.50. The fourth-order valence-electron chi connectivity index (χ4n) is 2.59. The minimum absolute atomic E-state index is 0.208. The van der Waals surface area contributed by atoms with E-state index in [2.05, 4.69) is 16.6 Å². The summed E-state index contributed by atoms with van der Waals surface area (Å²) in [7, 11) is -3.56. The zero-order valence-corrected chi connectivity index (χ0v) is 12.5. The lowest BCUT2D eigenvalue weighted by molar-refractivity contribution is 0.427. The van der Waals surface area contributed by atoms with Crippen molar-refractivity contribution in [2.45, 2.75) is 43.0 Å². The van der Waals surface area contributed by atoms with Gasteiger partial charge in [-0.05, 0) is 31.9 Å². The number of nitrogens with one attached hydrogen (secondary N) is 1. The van der Waals surface area contributed by atoms with Gasteiger partial charge in [-0.2, -0.15) is 0 Å². The van der Waals surface area contributed by atoms with Crippen molar-refractivity contribution in [2.24, 2.45) is 5.73 Å². The Morgan fingerprint density at radius 3 is 2.60 bits per heavy atom. The number of hydrogen-bond acceptors (Lipinski definition) is 3. The van der Waals surface area contributed by atoms with Gasteiger partial charge < -0.3 is 5.73 Å². The van der Waals surface area contributed by atoms with Crippen molar-refractivity contribution in [3.8, 4) is 11.8 Å². The number of sulfonamides is 1. The molecule has 1 aromatic rings. The van der Waals surface area contributed by atoms with Gasteiger partial charge in [-0.1, -0.05) is 36.8 Å². The summed E-state index contributed by atoms with van der Waals surface area (Å²) in [6.07, 6.45) is 3.88. The molecule has 4 nitrogen and oxygen atoms in total. The molecule has 1 saturated carbocycles. The molecule has 0 atom stereocenters. The van der Waals surface area contributed by atoms with Gasteiger partial charge in [0.25, 0.3) is 0 Å². The number of nitrogens with two attached hydrogens (primary N) is 1. The van der Waals surface area contributed by atoms with Crippen molar-refractivity contribution in [1.29, 1.82) is 0 Å². The molecule has 0 amide bonds. The highest BCUT2D eigenvalue weighted by Crippen LogP contribution is 2.31. The second-order valence-electron chi connectivity index (χ2n) is 5.38. The molecule has 0 bridgehead atoms. The third-order valence-corrected chi connectivity index (χ3v) is 5.29. The lowest BCUT2D eigenvalue weighted by Crippen LogP contribution is -2.43. The largest absolute Gasteiger partial charge is 0.320 e. The molecule has 1 fully saturated rings. The summed E-state index contributed by atoms with van der Waals surface area (Å²) >= 11 is 0. The van der Waals surface area contributed by atoms with Crippen molar-refractivity contribution in [3.63, 3.8) is 0 Å². The Bertz CT molecular complexity index is 635. The number of hydrogen-bond donors (Lipinski definition) is 2. The molecule has 3 N–H and O–H groups in total. The van der Waals surface area contributed by atoms with Crippen LogP contribution in [-0.2, 0) is 10.0 Å². The molecule has 20 heavy (non-hydrogen) atoms. The highest BCUT2D eigenvalue weighted by molar-refractivity contribution is 7.89. The van der Waals surface area contributed by atoms with Crippen molar-refractivity contribution in [2.75, 3.05) is 6.54 Å². The molecular weight excluding hydrogens is 272 g/mol. The molecule has 1 aliphatic carbocycles. The van der Waals surface area contributed by atoms with E-state index in [9.17, 15) is 8.42 Å². The summed E-state index contributed by atoms with van der Waals surface area (Å²) in [6.45, 7) is 2.17. The summed E-state index contributed by atoms with van der Waals surface area (Å²) < 4.78 is 28.0. The maximum atomic E-state index is 12.6. The molecule has 0 saturated heterocycles. The van der Waals surface area contributed by atoms with Crippen LogP contribution in [0.1, 0.15) is 38.2 Å². The maximum Gasteiger partial charge on any atom is 0.242 e. The molecule has 0 radical (unpaired) electrons. The van der Waals surface area contributed by atoms with Crippen LogP contribution < -0.4 is 10.5 Å². The first-order chi connectivity index (χ1) is 9.47. The van der Waals surface area contributed by atoms with Gasteiger partial charge in [-0.15, -0.1) is 0 Å². The average Bonchev–Trinajstić information content (AvgIpc) is 2.82. The van der Waals surface area contributed by atoms with Gasteiger partial charge in [-0.3, -0.25) is 0 Å². The predicted molar refractivity (Wildman–Crippen MR) is 79.6 cm³/mol. The Kier molecular flexibility index (Phi) is 4.48. The lowest BCUT2D eigenvalue weighted by Gasteiger charge is -2.25. The molecule has 0 heterocycles. The minimum Gasteiger partial charge on any atom is -0.320 e. The lowest BCUT2D eigenvalue weighted by atomic mass is 10.0. The van der Waals surface area contributed by atoms with Crippen molar-refractivity contribution in [3.05, 3.63) is 29.8 Å². The van der Waals surface area contributed by atoms with Crippen LogP contribution in [0.25, 0.3) is 0 Å². The van der Waals surface area contributed by atoms with Crippen LogP contribution in [0.3, 0.4) is 0 Å². The maximum absolute atomic E-state index is 12.6. The Hall–Kier alpha value is -1.35. The number of benzene rings is 1. The van der Waals surface area contributed by atoms with E-state index in [0.29, 0.717) is 5.56 Å². The number of rotatable bonds is 3. The monoisotopic (exact) mass is 292 g/mol. The van der Waals surface area contributed by atoms with E-state index in [1.54, 1.807) is 24.3 Å². The molecule has 0 aliphatic heterocycles. The second kappa shape index (κ2) is 5.96. The summed E-state index contributed by atoms with van der Waals surface area (Å²) in [4.78, 5) is 0.231. The third kappa shape index (κ3) is 3.40. The van der Waals surface area contributed by atoms with Crippen LogP contribution >= 0.6 is 0 Å². The topological polar surface area (TPSA) is 72.2 Å². The molecule has 0 spiro atoms. The van der Waals surface area contributed by atoms with Gasteiger partial charge >= 0.3 is 0 Å². The van der Waals surface area contributed by atoms with Crippen molar-refractivity contribution >= 4 is 10.0 Å². The van der Waals surface area contributed by atoms with Crippen molar-refractivity contribution in [1.82, 2.24) is 4.72 Å². The van der Waals surface area contributed by atoms with E-state index >= 15 is 0 Å². The Morgan fingerprint density at radius 2 is 1.95 bits per heavy atom. The van der Waals surface area contributed by atoms with Crippen LogP contribution in [0.5, 0.6) is 0 Å². The third-order valence-electron chi connectivity index (χ3n) is 3.59. The van der Waals surface area contributed by atoms with Gasteiger partial charge in [-0.25, -0.2) is 13.1 Å². The molecule has 5 heteroatoms. The van der Waals surface area contributed by atoms with E-state index in [4.69, 9.17) is 5.73 Å². The van der Waals surface area contributed by atoms with Crippen LogP contribution in [0.2, 0.25) is 0 Å². The van der Waals surface area contributed by atoms with Crippen LogP contribution in [0, 0.1) is 11.8 Å². The summed E-state index contributed by atoms with van der Waals surface area (Å²) in [5, 5.41) is 0. The fourth-order valence-corrected chi connectivity index (χ4v) is 4.22. The summed E-state index contributed by atoms with van der Waals surface area (Å²) in [5.74, 6) is 5.53. The van der Waals surface area contributed by atoms with Gasteiger partial charge in [0.05, 0.1) is 11.4 Å². The standard InChI is InChI=1S/C15H20N2O2S/c1-15(10-4-5-11-15)17-20(18,19)14-9-3-2-7-13(14)8-6-12-16/h2-3,7,9,17H,4-5,10-12,16H2,1H3. The van der Waals surface area contributed by atoms with E-state index < -0.39 is 10.0 Å². The molecule has 1 aromatic carbocycles. The van der Waals surface area contributed by atoms with E-state index in [-0.39, 0.29) is 17.0 Å². The van der Waals surface area contributed by atoms with E-state index in [1.807, 2.05) is 6.92 Å². The quantitative estimate of drug-likeness (QED) is 0.831. The zero-order valence-electron chi connectivity index (χ0n) is 11.6. The highest BCUT2D eigenvalue weighted by Gasteiger charge is 2.34. The first-order valence-electron chi connectivity index (χ1n) is 6.79. The molecule has 0 aromatic heterocycles. The predicted octanol–water partition coefficient (Wildman–Crippen LogP) is 1.61. The molecule has 1 aliphatic rings. The fraction of sp³-hybridized carbons (Fsp3) is 0.467. The summed E-state index contributed by atoms with van der Waals surface area (Å²) in [6, 6.07) is 6.77. The van der Waals surface area contributed by atoms with Crippen LogP contribution in [-0.4, -0.2) is 20.5 Å². The Labute approximate surface area is 120 Å². The molecule has 108 valence electrons. The van der Waals surface area contributed by atoms with Crippen LogP contribution in [0.15, 0.2) is 29.2 Å². The first-order valence-corrected chi connectivity index (χ1v) is 8.27. The van der Waals surface area contributed by atoms with Crippen LogP contribution in [0.4, 0.5) is 0 Å². The first kappa shape index (κ1) is 15.0.